The molecule has 0 unspecified atom stereocenters. The Kier molecular flexibility index (Phi) is 9.02. The molecule has 10 aromatic carbocycles. The third-order valence-corrected chi connectivity index (χ3v) is 14.0. The lowest BCUT2D eigenvalue weighted by molar-refractivity contribution is 1.08. The predicted molar refractivity (Wildman–Crippen MR) is 285 cm³/mol. The molecule has 5 heteroatoms. The number of aryl methyl sites for hydroxylation is 2. The van der Waals surface area contributed by atoms with E-state index in [0.29, 0.717) is 28.2 Å². The van der Waals surface area contributed by atoms with Gasteiger partial charge in [0.15, 0.2) is 0 Å². The van der Waals surface area contributed by atoms with Crippen LogP contribution in [0.4, 0.5) is 0 Å². The Bertz CT molecular complexity index is 4070. The lowest BCUT2D eigenvalue weighted by Gasteiger charge is -2.26. The van der Waals surface area contributed by atoms with Crippen LogP contribution in [0.5, 0.6) is 0 Å². The van der Waals surface area contributed by atoms with Crippen LogP contribution in [0.25, 0.3) is 116 Å². The maximum atomic E-state index is 12.2. The quantitative estimate of drug-likeness (QED) is 0.167. The van der Waals surface area contributed by atoms with Gasteiger partial charge in [0.1, 0.15) is 23.3 Å². The highest BCUT2D eigenvalue weighted by Gasteiger charge is 2.33. The Hall–Kier alpha value is -9.42. The van der Waals surface area contributed by atoms with Gasteiger partial charge in [-0.05, 0) is 102 Å². The van der Waals surface area contributed by atoms with Crippen molar-refractivity contribution in [3.05, 3.63) is 235 Å². The van der Waals surface area contributed by atoms with Gasteiger partial charge in [-0.25, -0.2) is 0 Å². The van der Waals surface area contributed by atoms with Crippen molar-refractivity contribution in [1.82, 2.24) is 13.7 Å². The van der Waals surface area contributed by atoms with Crippen LogP contribution in [0, 0.1) is 36.5 Å². The summed E-state index contributed by atoms with van der Waals surface area (Å²) in [5, 5.41) is 30.7. The zero-order valence-electron chi connectivity index (χ0n) is 37.9. The Labute approximate surface area is 398 Å². The molecule has 13 aromatic rings. The highest BCUT2D eigenvalue weighted by molar-refractivity contribution is 6.15. The standard InChI is InChI=1S/C64H41N5/c1-40-26-30-57-49(34-40)51-36-45(42-16-6-3-7-17-42)28-32-59(51)68(57)63-53(38-65)62(67-55-24-14-12-22-47(55)48-23-13-15-25-56(48)67)54(39-66)64(61(63)44-20-10-5-11-21-44)69-58-31-27-41(2)35-50(58)52-37-46(29-33-60(52)69)43-18-8-4-9-19-43/h3-37H,1-2H3. The molecule has 322 valence electrons. The lowest BCUT2D eigenvalue weighted by atomic mass is 9.91. The highest BCUT2D eigenvalue weighted by atomic mass is 15.1. The molecule has 13 rings (SSSR count). The Balaban J connectivity index is 1.29. The first-order valence-corrected chi connectivity index (χ1v) is 23.3. The molecular formula is C64H41N5. The van der Waals surface area contributed by atoms with E-state index in [1.54, 1.807) is 0 Å². The third kappa shape index (κ3) is 6.01. The van der Waals surface area contributed by atoms with Crippen LogP contribution >= 0.6 is 0 Å². The molecule has 0 fully saturated rings. The minimum absolute atomic E-state index is 0.398. The number of fused-ring (bicyclic) bond motifs is 9. The zero-order valence-corrected chi connectivity index (χ0v) is 37.9. The molecule has 0 N–H and O–H groups in total. The Morgan fingerprint density at radius 2 is 0.623 bits per heavy atom. The highest BCUT2D eigenvalue weighted by Crippen LogP contribution is 2.49. The number of aromatic nitrogens is 3. The summed E-state index contributed by atoms with van der Waals surface area (Å²) in [7, 11) is 0. The SMILES string of the molecule is Cc1ccc2c(c1)c1cc(-c3ccccc3)ccc1n2-c1c(C#N)c(-n2c3ccccc3c3ccccc32)c(C#N)c(-n2c3ccc(C)cc3c3cc(-c4ccccc4)ccc32)c1-c1ccccc1. The molecule has 0 saturated carbocycles. The van der Waals surface area contributed by atoms with E-state index in [0.717, 1.165) is 110 Å². The molecule has 0 aliphatic rings. The number of para-hydroxylation sites is 2. The van der Waals surface area contributed by atoms with Gasteiger partial charge in [0.2, 0.25) is 0 Å². The van der Waals surface area contributed by atoms with E-state index in [1.165, 1.54) is 0 Å². The van der Waals surface area contributed by atoms with Crippen molar-refractivity contribution >= 4 is 65.4 Å². The molecule has 0 radical (unpaired) electrons. The first-order chi connectivity index (χ1) is 34.0. The van der Waals surface area contributed by atoms with Gasteiger partial charge in [0.25, 0.3) is 0 Å². The summed E-state index contributed by atoms with van der Waals surface area (Å²) in [5.74, 6) is 0. The van der Waals surface area contributed by atoms with Crippen LogP contribution < -0.4 is 0 Å². The maximum Gasteiger partial charge on any atom is 0.104 e. The minimum Gasteiger partial charge on any atom is -0.307 e. The van der Waals surface area contributed by atoms with E-state index in [9.17, 15) is 10.5 Å². The maximum absolute atomic E-state index is 12.2. The van der Waals surface area contributed by atoms with E-state index in [2.05, 4.69) is 210 Å². The van der Waals surface area contributed by atoms with Gasteiger partial charge in [-0.2, -0.15) is 10.5 Å². The number of hydrogen-bond acceptors (Lipinski definition) is 2. The monoisotopic (exact) mass is 879 g/mol. The van der Waals surface area contributed by atoms with Gasteiger partial charge in [0, 0.05) is 37.9 Å². The summed E-state index contributed by atoms with van der Waals surface area (Å²) < 4.78 is 6.77. The van der Waals surface area contributed by atoms with Crippen LogP contribution in [-0.2, 0) is 0 Å². The molecule has 0 spiro atoms. The van der Waals surface area contributed by atoms with Crippen LogP contribution in [0.15, 0.2) is 212 Å². The van der Waals surface area contributed by atoms with Crippen molar-refractivity contribution in [2.75, 3.05) is 0 Å². The number of benzene rings is 10. The number of rotatable bonds is 6. The second-order valence-electron chi connectivity index (χ2n) is 18.0. The van der Waals surface area contributed by atoms with Crippen molar-refractivity contribution in [2.45, 2.75) is 13.8 Å². The van der Waals surface area contributed by atoms with Crippen molar-refractivity contribution < 1.29 is 0 Å². The van der Waals surface area contributed by atoms with E-state index in [-0.39, 0.29) is 0 Å². The van der Waals surface area contributed by atoms with Crippen molar-refractivity contribution in [1.29, 1.82) is 10.5 Å². The largest absolute Gasteiger partial charge is 0.307 e. The molecule has 3 aromatic heterocycles. The normalized spacial score (nSPS) is 11.6. The average molecular weight is 880 g/mol. The van der Waals surface area contributed by atoms with Gasteiger partial charge in [-0.15, -0.1) is 0 Å². The van der Waals surface area contributed by atoms with E-state index in [1.807, 2.05) is 42.5 Å². The predicted octanol–water partition coefficient (Wildman–Crippen LogP) is 16.3. The Morgan fingerprint density at radius 3 is 1.04 bits per heavy atom. The summed E-state index contributed by atoms with van der Waals surface area (Å²) >= 11 is 0. The lowest BCUT2D eigenvalue weighted by Crippen LogP contribution is -2.14. The van der Waals surface area contributed by atoms with Gasteiger partial charge in [-0.3, -0.25) is 0 Å². The van der Waals surface area contributed by atoms with Crippen molar-refractivity contribution in [2.24, 2.45) is 0 Å². The van der Waals surface area contributed by atoms with Crippen LogP contribution in [0.1, 0.15) is 22.3 Å². The van der Waals surface area contributed by atoms with E-state index in [4.69, 9.17) is 0 Å². The fraction of sp³-hybridized carbons (Fsp3) is 0.0312. The summed E-state index contributed by atoms with van der Waals surface area (Å²) in [6.45, 7) is 4.26. The molecule has 0 bridgehead atoms. The van der Waals surface area contributed by atoms with E-state index >= 15 is 0 Å². The smallest absolute Gasteiger partial charge is 0.104 e. The van der Waals surface area contributed by atoms with Gasteiger partial charge >= 0.3 is 0 Å². The zero-order chi connectivity index (χ0) is 46.3. The summed E-state index contributed by atoms with van der Waals surface area (Å²) in [6, 6.07) is 80.1. The number of hydrogen-bond donors (Lipinski definition) is 0. The topological polar surface area (TPSA) is 62.4 Å². The van der Waals surface area contributed by atoms with Gasteiger partial charge in [0.05, 0.1) is 50.2 Å². The van der Waals surface area contributed by atoms with Crippen molar-refractivity contribution in [3.63, 3.8) is 0 Å². The average Bonchev–Trinajstić information content (AvgIpc) is 4.02. The van der Waals surface area contributed by atoms with Gasteiger partial charge in [-0.1, -0.05) is 163 Å². The van der Waals surface area contributed by atoms with Crippen LogP contribution in [-0.4, -0.2) is 13.7 Å². The Morgan fingerprint density at radius 1 is 0.290 bits per heavy atom. The summed E-state index contributed by atoms with van der Waals surface area (Å²) in [6.07, 6.45) is 0. The number of nitriles is 2. The second kappa shape index (κ2) is 15.6. The minimum atomic E-state index is 0.398. The summed E-state index contributed by atoms with van der Waals surface area (Å²) in [5.41, 5.74) is 16.8. The molecule has 3 heterocycles. The first-order valence-electron chi connectivity index (χ1n) is 23.3. The molecule has 0 atom stereocenters. The number of nitrogens with zero attached hydrogens (tertiary/aromatic N) is 5. The fourth-order valence-corrected chi connectivity index (χ4v) is 11.0. The third-order valence-electron chi connectivity index (χ3n) is 14.0. The fourth-order valence-electron chi connectivity index (χ4n) is 11.0. The first kappa shape index (κ1) is 39.9. The molecule has 0 aliphatic carbocycles. The molecule has 0 saturated heterocycles. The van der Waals surface area contributed by atoms with Crippen LogP contribution in [0.2, 0.25) is 0 Å². The van der Waals surface area contributed by atoms with Crippen molar-refractivity contribution in [3.8, 4) is 62.6 Å². The molecule has 0 amide bonds. The van der Waals surface area contributed by atoms with Gasteiger partial charge < -0.3 is 13.7 Å². The van der Waals surface area contributed by atoms with E-state index < -0.39 is 0 Å². The summed E-state index contributed by atoms with van der Waals surface area (Å²) in [4.78, 5) is 0. The van der Waals surface area contributed by atoms with Crippen LogP contribution in [0.3, 0.4) is 0 Å². The molecule has 0 aliphatic heterocycles. The molecular weight excluding hydrogens is 839 g/mol. The second-order valence-corrected chi connectivity index (χ2v) is 18.0. The molecule has 5 nitrogen and oxygen atoms in total. The molecule has 69 heavy (non-hydrogen) atoms.